The number of primary amides is 1. The third kappa shape index (κ3) is 3.42. The van der Waals surface area contributed by atoms with Gasteiger partial charge in [0.1, 0.15) is 10.0 Å². The number of nitrogens with one attached hydrogen (secondary N) is 1. The van der Waals surface area contributed by atoms with Gasteiger partial charge in [0.05, 0.1) is 9.47 Å². The van der Waals surface area contributed by atoms with E-state index >= 15 is 0 Å². The Morgan fingerprint density at radius 1 is 1.38 bits per heavy atom. The van der Waals surface area contributed by atoms with E-state index < -0.39 is 21.7 Å². The summed E-state index contributed by atoms with van der Waals surface area (Å²) in [6, 6.07) is 5.19. The van der Waals surface area contributed by atoms with Gasteiger partial charge >= 0.3 is 0 Å². The zero-order valence-electron chi connectivity index (χ0n) is 10.7. The number of hydrogen-bond acceptors (Lipinski definition) is 4. The molecular weight excluding hydrogens is 383 g/mol. The second kappa shape index (κ2) is 5.74. The normalized spacial score (nSPS) is 11.4. The molecule has 1 amide bonds. The van der Waals surface area contributed by atoms with Crippen molar-refractivity contribution in [2.24, 2.45) is 5.73 Å². The fraction of sp³-hybridized carbons (Fsp3) is 0.0833. The molecule has 0 spiro atoms. The topological polar surface area (TPSA) is 89.3 Å². The Hall–Kier alpha value is -1.45. The number of amides is 1. The summed E-state index contributed by atoms with van der Waals surface area (Å²) >= 11 is 4.19. The highest BCUT2D eigenvalue weighted by atomic mass is 79.9. The van der Waals surface area contributed by atoms with Gasteiger partial charge in [-0.05, 0) is 47.1 Å². The molecule has 5 nitrogen and oxygen atoms in total. The molecule has 0 radical (unpaired) electrons. The molecule has 0 saturated carbocycles. The third-order valence-electron chi connectivity index (χ3n) is 2.69. The van der Waals surface area contributed by atoms with Crippen LogP contribution >= 0.6 is 27.3 Å². The quantitative estimate of drug-likeness (QED) is 0.837. The molecular formula is C12H10BrFN2O3S2. The lowest BCUT2D eigenvalue weighted by Gasteiger charge is -2.11. The van der Waals surface area contributed by atoms with E-state index in [1.54, 1.807) is 6.07 Å². The molecule has 9 heteroatoms. The summed E-state index contributed by atoms with van der Waals surface area (Å²) in [4.78, 5) is 11.1. The molecule has 0 fully saturated rings. The SMILES string of the molecule is Cc1c(F)cc(C(N)=O)cc1NS(=O)(=O)c1ccc(Br)s1. The summed E-state index contributed by atoms with van der Waals surface area (Å²) in [5, 5.41) is 0. The van der Waals surface area contributed by atoms with E-state index in [2.05, 4.69) is 20.7 Å². The Kier molecular flexibility index (Phi) is 4.35. The van der Waals surface area contributed by atoms with Crippen LogP contribution in [-0.4, -0.2) is 14.3 Å². The van der Waals surface area contributed by atoms with Crippen molar-refractivity contribution >= 4 is 48.9 Å². The van der Waals surface area contributed by atoms with E-state index in [0.717, 1.165) is 17.4 Å². The number of anilines is 1. The monoisotopic (exact) mass is 392 g/mol. The Labute approximate surface area is 133 Å². The van der Waals surface area contributed by atoms with Crippen molar-refractivity contribution in [2.45, 2.75) is 11.1 Å². The molecule has 0 saturated heterocycles. The highest BCUT2D eigenvalue weighted by Crippen LogP contribution is 2.29. The molecule has 112 valence electrons. The molecule has 2 aromatic rings. The summed E-state index contributed by atoms with van der Waals surface area (Å²) in [5.41, 5.74) is 5.05. The van der Waals surface area contributed by atoms with Crippen molar-refractivity contribution in [2.75, 3.05) is 4.72 Å². The first kappa shape index (κ1) is 15.9. The molecule has 21 heavy (non-hydrogen) atoms. The summed E-state index contributed by atoms with van der Waals surface area (Å²) in [7, 11) is -3.85. The van der Waals surface area contributed by atoms with Gasteiger partial charge in [0.25, 0.3) is 10.0 Å². The van der Waals surface area contributed by atoms with Crippen LogP contribution in [0.1, 0.15) is 15.9 Å². The summed E-state index contributed by atoms with van der Waals surface area (Å²) in [5.74, 6) is -1.55. The Bertz CT molecular complexity index is 818. The summed E-state index contributed by atoms with van der Waals surface area (Å²) < 4.78 is 41.1. The summed E-state index contributed by atoms with van der Waals surface area (Å²) in [6.07, 6.45) is 0. The minimum absolute atomic E-state index is 0.0201. The van der Waals surface area contributed by atoms with Gasteiger partial charge in [-0.3, -0.25) is 9.52 Å². The molecule has 1 aromatic carbocycles. The molecule has 0 aliphatic rings. The van der Waals surface area contributed by atoms with Crippen molar-refractivity contribution in [1.82, 2.24) is 0 Å². The van der Waals surface area contributed by atoms with Crippen molar-refractivity contribution < 1.29 is 17.6 Å². The number of carbonyl (C=O) groups is 1. The smallest absolute Gasteiger partial charge is 0.271 e. The van der Waals surface area contributed by atoms with Gasteiger partial charge in [0.15, 0.2) is 0 Å². The van der Waals surface area contributed by atoms with E-state index in [-0.39, 0.29) is 21.0 Å². The second-order valence-electron chi connectivity index (χ2n) is 4.16. The van der Waals surface area contributed by atoms with Gasteiger partial charge in [-0.1, -0.05) is 0 Å². The third-order valence-corrected chi connectivity index (χ3v) is 6.17. The van der Waals surface area contributed by atoms with Crippen LogP contribution in [-0.2, 0) is 10.0 Å². The van der Waals surface area contributed by atoms with Gasteiger partial charge in [-0.25, -0.2) is 12.8 Å². The number of carbonyl (C=O) groups excluding carboxylic acids is 1. The maximum Gasteiger partial charge on any atom is 0.271 e. The predicted molar refractivity (Wildman–Crippen MR) is 82.5 cm³/mol. The van der Waals surface area contributed by atoms with Crippen LogP contribution in [0.15, 0.2) is 32.3 Å². The zero-order chi connectivity index (χ0) is 15.8. The van der Waals surface area contributed by atoms with E-state index in [1.165, 1.54) is 19.1 Å². The molecule has 0 unspecified atom stereocenters. The van der Waals surface area contributed by atoms with Crippen molar-refractivity contribution in [3.05, 3.63) is 45.0 Å². The molecule has 0 aliphatic carbocycles. The van der Waals surface area contributed by atoms with Crippen LogP contribution in [0.25, 0.3) is 0 Å². The lowest BCUT2D eigenvalue weighted by atomic mass is 10.1. The molecule has 1 heterocycles. The number of hydrogen-bond donors (Lipinski definition) is 2. The van der Waals surface area contributed by atoms with Crippen LogP contribution in [0.5, 0.6) is 0 Å². The van der Waals surface area contributed by atoms with Crippen LogP contribution in [0.2, 0.25) is 0 Å². The number of thiophene rings is 1. The van der Waals surface area contributed by atoms with Crippen molar-refractivity contribution in [3.8, 4) is 0 Å². The Morgan fingerprint density at radius 2 is 2.05 bits per heavy atom. The number of halogens is 2. The summed E-state index contributed by atoms with van der Waals surface area (Å²) in [6.45, 7) is 1.41. The van der Waals surface area contributed by atoms with Crippen molar-refractivity contribution in [3.63, 3.8) is 0 Å². The average molecular weight is 393 g/mol. The lowest BCUT2D eigenvalue weighted by molar-refractivity contribution is 0.1000. The Balaban J connectivity index is 2.46. The fourth-order valence-electron chi connectivity index (χ4n) is 1.56. The average Bonchev–Trinajstić information content (AvgIpc) is 2.81. The standard InChI is InChI=1S/C12H10BrFN2O3S2/c1-6-8(14)4-7(12(15)17)5-9(6)16-21(18,19)11-3-2-10(13)20-11/h2-5,16H,1H3,(H2,15,17). The van der Waals surface area contributed by atoms with Crippen LogP contribution in [0.3, 0.4) is 0 Å². The Morgan fingerprint density at radius 3 is 2.57 bits per heavy atom. The van der Waals surface area contributed by atoms with Crippen molar-refractivity contribution in [1.29, 1.82) is 0 Å². The maximum atomic E-state index is 13.7. The minimum Gasteiger partial charge on any atom is -0.366 e. The number of benzene rings is 1. The minimum atomic E-state index is -3.85. The molecule has 1 aromatic heterocycles. The number of sulfonamides is 1. The largest absolute Gasteiger partial charge is 0.366 e. The van der Waals surface area contributed by atoms with Crippen LogP contribution in [0.4, 0.5) is 10.1 Å². The first-order chi connectivity index (χ1) is 9.70. The molecule has 0 bridgehead atoms. The highest BCUT2D eigenvalue weighted by molar-refractivity contribution is 9.11. The van der Waals surface area contributed by atoms with Gasteiger partial charge in [0.2, 0.25) is 5.91 Å². The van der Waals surface area contributed by atoms with E-state index in [1.807, 2.05) is 0 Å². The number of nitrogens with two attached hydrogens (primary N) is 1. The van der Waals surface area contributed by atoms with Crippen LogP contribution in [0, 0.1) is 12.7 Å². The van der Waals surface area contributed by atoms with Crippen LogP contribution < -0.4 is 10.5 Å². The maximum absolute atomic E-state index is 13.7. The van der Waals surface area contributed by atoms with E-state index in [4.69, 9.17) is 5.73 Å². The predicted octanol–water partition coefficient (Wildman–Crippen LogP) is 2.86. The van der Waals surface area contributed by atoms with Gasteiger partial charge in [0, 0.05) is 11.1 Å². The highest BCUT2D eigenvalue weighted by Gasteiger charge is 2.19. The second-order valence-corrected chi connectivity index (χ2v) is 8.53. The fourth-order valence-corrected chi connectivity index (χ4v) is 4.69. The van der Waals surface area contributed by atoms with Gasteiger partial charge < -0.3 is 5.73 Å². The lowest BCUT2D eigenvalue weighted by Crippen LogP contribution is -2.16. The first-order valence-corrected chi connectivity index (χ1v) is 8.68. The molecule has 3 N–H and O–H groups in total. The molecule has 0 aliphatic heterocycles. The molecule has 2 rings (SSSR count). The van der Waals surface area contributed by atoms with Gasteiger partial charge in [-0.2, -0.15) is 0 Å². The van der Waals surface area contributed by atoms with E-state index in [9.17, 15) is 17.6 Å². The first-order valence-electron chi connectivity index (χ1n) is 5.59. The van der Waals surface area contributed by atoms with E-state index in [0.29, 0.717) is 3.79 Å². The van der Waals surface area contributed by atoms with Gasteiger partial charge in [-0.15, -0.1) is 11.3 Å². The number of rotatable bonds is 4. The molecule has 0 atom stereocenters. The zero-order valence-corrected chi connectivity index (χ0v) is 13.9.